The molecule has 2 aromatic carbocycles. The molecule has 2 aliphatic carbocycles. The van der Waals surface area contributed by atoms with E-state index in [1.807, 2.05) is 24.3 Å². The van der Waals surface area contributed by atoms with Crippen LogP contribution < -0.4 is 5.32 Å². The molecule has 4 rings (SSSR count). The van der Waals surface area contributed by atoms with Gasteiger partial charge in [0, 0.05) is 12.5 Å². The highest BCUT2D eigenvalue weighted by atomic mass is 16.5. The molecule has 0 unspecified atom stereocenters. The summed E-state index contributed by atoms with van der Waals surface area (Å²) in [4.78, 5) is 12.3. The van der Waals surface area contributed by atoms with Crippen LogP contribution in [0.2, 0.25) is 0 Å². The van der Waals surface area contributed by atoms with Gasteiger partial charge in [-0.2, -0.15) is 0 Å². The lowest BCUT2D eigenvalue weighted by molar-refractivity contribution is 0.0137. The topological polar surface area (TPSA) is 58.6 Å². The van der Waals surface area contributed by atoms with Crippen LogP contribution in [0.15, 0.2) is 48.5 Å². The van der Waals surface area contributed by atoms with Crippen molar-refractivity contribution in [3.8, 4) is 11.1 Å². The number of rotatable bonds is 4. The predicted molar refractivity (Wildman–Crippen MR) is 110 cm³/mol. The summed E-state index contributed by atoms with van der Waals surface area (Å²) in [5, 5.41) is 13.6. The van der Waals surface area contributed by atoms with Crippen molar-refractivity contribution in [2.24, 2.45) is 0 Å². The Morgan fingerprint density at radius 1 is 0.929 bits per heavy atom. The Bertz CT molecular complexity index is 779. The van der Waals surface area contributed by atoms with E-state index in [-0.39, 0.29) is 12.5 Å². The monoisotopic (exact) mass is 379 g/mol. The first-order valence-electron chi connectivity index (χ1n) is 10.5. The van der Waals surface area contributed by atoms with E-state index in [4.69, 9.17) is 4.74 Å². The number of carbonyl (C=O) groups is 1. The summed E-state index contributed by atoms with van der Waals surface area (Å²) in [7, 11) is 0. The molecule has 0 heterocycles. The third-order valence-electron chi connectivity index (χ3n) is 6.19. The lowest BCUT2D eigenvalue weighted by Gasteiger charge is -2.30. The summed E-state index contributed by atoms with van der Waals surface area (Å²) < 4.78 is 5.57. The Balaban J connectivity index is 1.36. The van der Waals surface area contributed by atoms with Gasteiger partial charge in [-0.3, -0.25) is 0 Å². The summed E-state index contributed by atoms with van der Waals surface area (Å²) in [6, 6.07) is 16.6. The van der Waals surface area contributed by atoms with E-state index in [9.17, 15) is 9.90 Å². The minimum Gasteiger partial charge on any atom is -0.449 e. The molecule has 0 spiro atoms. The van der Waals surface area contributed by atoms with Crippen molar-refractivity contribution >= 4 is 6.09 Å². The van der Waals surface area contributed by atoms with Gasteiger partial charge in [-0.25, -0.2) is 4.79 Å². The van der Waals surface area contributed by atoms with Crippen molar-refractivity contribution in [3.63, 3.8) is 0 Å². The van der Waals surface area contributed by atoms with Crippen molar-refractivity contribution in [1.29, 1.82) is 0 Å². The van der Waals surface area contributed by atoms with E-state index in [1.165, 1.54) is 28.7 Å². The molecule has 148 valence electrons. The molecule has 2 aliphatic rings. The predicted octanol–water partition coefficient (Wildman–Crippen LogP) is 5.00. The Morgan fingerprint density at radius 2 is 1.46 bits per heavy atom. The van der Waals surface area contributed by atoms with Crippen molar-refractivity contribution in [2.45, 2.75) is 56.5 Å². The highest BCUT2D eigenvalue weighted by molar-refractivity contribution is 5.79. The molecule has 0 atom stereocenters. The molecule has 0 saturated heterocycles. The molecule has 0 bridgehead atoms. The number of alkyl carbamates (subject to hydrolysis) is 1. The van der Waals surface area contributed by atoms with Crippen LogP contribution in [-0.4, -0.2) is 30.0 Å². The van der Waals surface area contributed by atoms with Gasteiger partial charge in [0.15, 0.2) is 0 Å². The summed E-state index contributed by atoms with van der Waals surface area (Å²) in [6.45, 7) is 0.571. The fourth-order valence-electron chi connectivity index (χ4n) is 4.63. The standard InChI is InChI=1S/C24H29NO3/c26-23(25-17-24(27)14-8-2-1-3-9-15-24)28-16-22-20-12-6-4-10-18(20)19-11-5-7-13-21(19)22/h4-7,10-13,22,27H,1-3,8-9,14-17H2,(H,25,26). The highest BCUT2D eigenvalue weighted by Gasteiger charge is 2.30. The molecular formula is C24H29NO3. The summed E-state index contributed by atoms with van der Waals surface area (Å²) in [6.07, 6.45) is 6.65. The Hall–Kier alpha value is -2.33. The largest absolute Gasteiger partial charge is 0.449 e. The lowest BCUT2D eigenvalue weighted by Crippen LogP contribution is -2.43. The van der Waals surface area contributed by atoms with Gasteiger partial charge in [0.25, 0.3) is 0 Å². The average molecular weight is 380 g/mol. The third kappa shape index (κ3) is 4.07. The molecule has 28 heavy (non-hydrogen) atoms. The fraction of sp³-hybridized carbons (Fsp3) is 0.458. The minimum atomic E-state index is -0.800. The van der Waals surface area contributed by atoms with E-state index in [0.717, 1.165) is 38.5 Å². The maximum Gasteiger partial charge on any atom is 0.407 e. The average Bonchev–Trinajstić information content (AvgIpc) is 3.02. The maximum atomic E-state index is 12.3. The molecule has 2 N–H and O–H groups in total. The number of fused-ring (bicyclic) bond motifs is 3. The zero-order chi connectivity index (χ0) is 19.4. The van der Waals surface area contributed by atoms with Crippen LogP contribution in [0, 0.1) is 0 Å². The van der Waals surface area contributed by atoms with E-state index >= 15 is 0 Å². The maximum absolute atomic E-state index is 12.3. The molecular weight excluding hydrogens is 350 g/mol. The molecule has 1 fully saturated rings. The number of benzene rings is 2. The summed E-state index contributed by atoms with van der Waals surface area (Å²) in [5.74, 6) is 0.0580. The van der Waals surface area contributed by atoms with Gasteiger partial charge in [0.2, 0.25) is 0 Å². The summed E-state index contributed by atoms with van der Waals surface area (Å²) >= 11 is 0. The Kier molecular flexibility index (Phi) is 5.67. The number of hydrogen-bond acceptors (Lipinski definition) is 3. The second-order valence-electron chi connectivity index (χ2n) is 8.17. The quantitative estimate of drug-likeness (QED) is 0.786. The zero-order valence-electron chi connectivity index (χ0n) is 16.3. The molecule has 0 aromatic heterocycles. The van der Waals surface area contributed by atoms with Crippen molar-refractivity contribution in [1.82, 2.24) is 5.32 Å². The fourth-order valence-corrected chi connectivity index (χ4v) is 4.63. The molecule has 2 aromatic rings. The van der Waals surface area contributed by atoms with Gasteiger partial charge in [-0.05, 0) is 35.1 Å². The number of nitrogens with one attached hydrogen (secondary N) is 1. The van der Waals surface area contributed by atoms with Gasteiger partial charge in [-0.1, -0.05) is 80.6 Å². The Labute approximate surface area is 166 Å². The molecule has 4 heteroatoms. The zero-order valence-corrected chi connectivity index (χ0v) is 16.3. The van der Waals surface area contributed by atoms with Gasteiger partial charge >= 0.3 is 6.09 Å². The van der Waals surface area contributed by atoms with E-state index in [0.29, 0.717) is 6.61 Å². The molecule has 0 aliphatic heterocycles. The van der Waals surface area contributed by atoms with E-state index in [1.54, 1.807) is 0 Å². The number of ether oxygens (including phenoxy) is 1. The number of aliphatic hydroxyl groups is 1. The van der Waals surface area contributed by atoms with Crippen molar-refractivity contribution in [2.75, 3.05) is 13.2 Å². The number of carbonyl (C=O) groups excluding carboxylic acids is 1. The van der Waals surface area contributed by atoms with Crippen LogP contribution in [0.4, 0.5) is 4.79 Å². The van der Waals surface area contributed by atoms with Crippen molar-refractivity contribution in [3.05, 3.63) is 59.7 Å². The summed E-state index contributed by atoms with van der Waals surface area (Å²) in [5.41, 5.74) is 4.04. The van der Waals surface area contributed by atoms with Crippen molar-refractivity contribution < 1.29 is 14.6 Å². The number of amides is 1. The lowest BCUT2D eigenvalue weighted by atomic mass is 9.87. The van der Waals surface area contributed by atoms with Gasteiger partial charge < -0.3 is 15.2 Å². The third-order valence-corrected chi connectivity index (χ3v) is 6.19. The van der Waals surface area contributed by atoms with E-state index in [2.05, 4.69) is 29.6 Å². The van der Waals surface area contributed by atoms with Crippen LogP contribution in [0.5, 0.6) is 0 Å². The first-order chi connectivity index (χ1) is 13.7. The second-order valence-corrected chi connectivity index (χ2v) is 8.17. The van der Waals surface area contributed by atoms with Gasteiger partial charge in [0.1, 0.15) is 6.61 Å². The first-order valence-corrected chi connectivity index (χ1v) is 10.5. The van der Waals surface area contributed by atoms with Crippen LogP contribution in [0.3, 0.4) is 0 Å². The molecule has 1 amide bonds. The van der Waals surface area contributed by atoms with Gasteiger partial charge in [-0.15, -0.1) is 0 Å². The highest BCUT2D eigenvalue weighted by Crippen LogP contribution is 2.44. The first kappa shape index (κ1) is 19.0. The minimum absolute atomic E-state index is 0.0580. The number of hydrogen-bond donors (Lipinski definition) is 2. The van der Waals surface area contributed by atoms with Crippen LogP contribution >= 0.6 is 0 Å². The normalized spacial score (nSPS) is 18.5. The smallest absolute Gasteiger partial charge is 0.407 e. The van der Waals surface area contributed by atoms with E-state index < -0.39 is 11.7 Å². The van der Waals surface area contributed by atoms with Gasteiger partial charge in [0.05, 0.1) is 5.60 Å². The molecule has 4 nitrogen and oxygen atoms in total. The van der Waals surface area contributed by atoms with Crippen LogP contribution in [0.1, 0.15) is 62.0 Å². The molecule has 1 saturated carbocycles. The van der Waals surface area contributed by atoms with Crippen LogP contribution in [-0.2, 0) is 4.74 Å². The second kappa shape index (κ2) is 8.36. The SMILES string of the molecule is O=C(NCC1(O)CCCCCCC1)OCC1c2ccccc2-c2ccccc21. The molecule has 0 radical (unpaired) electrons. The van der Waals surface area contributed by atoms with Crippen LogP contribution in [0.25, 0.3) is 11.1 Å². The Morgan fingerprint density at radius 3 is 2.07 bits per heavy atom.